The molecule has 0 saturated heterocycles. The number of nitrogens with one attached hydrogen (secondary N) is 4. The van der Waals surface area contributed by atoms with Crippen LogP contribution in [0.1, 0.15) is 31.5 Å². The molecule has 1 aliphatic heterocycles. The van der Waals surface area contributed by atoms with Gasteiger partial charge in [0.15, 0.2) is 5.58 Å². The van der Waals surface area contributed by atoms with Gasteiger partial charge in [0, 0.05) is 17.3 Å². The van der Waals surface area contributed by atoms with Crippen molar-refractivity contribution >= 4 is 34.7 Å². The SMILES string of the molecule is CC1=C(C(O)NC2CC2)C(c2[nH]ncc2Cl)N=C(Nc2nc3ccccc3o2)N1. The van der Waals surface area contributed by atoms with E-state index in [9.17, 15) is 5.11 Å². The number of oxazole rings is 1. The van der Waals surface area contributed by atoms with Gasteiger partial charge in [-0.05, 0) is 31.9 Å². The monoisotopic (exact) mass is 413 g/mol. The highest BCUT2D eigenvalue weighted by atomic mass is 35.5. The Hall–Kier alpha value is -2.88. The molecule has 0 bridgehead atoms. The normalized spacial score (nSPS) is 20.5. The molecule has 1 aliphatic carbocycles. The fraction of sp³-hybridized carbons (Fsp3) is 0.316. The van der Waals surface area contributed by atoms with Crippen LogP contribution in [0.15, 0.2) is 51.1 Å². The van der Waals surface area contributed by atoms with Gasteiger partial charge in [-0.1, -0.05) is 23.7 Å². The molecule has 2 aromatic heterocycles. The summed E-state index contributed by atoms with van der Waals surface area (Å²) in [7, 11) is 0. The standard InChI is InChI=1S/C19H20ClN7O2/c1-9-14(17(28)23-10-6-7-10)16(15-11(20)8-21-27-15)25-18(22-9)26-19-24-12-4-2-3-5-13(12)29-19/h2-5,8,10,16-17,23,28H,6-7H2,1H3,(H,21,27)(H2,22,24,25,26). The summed E-state index contributed by atoms with van der Waals surface area (Å²) in [6, 6.07) is 7.60. The number of aliphatic hydroxyl groups is 1. The molecule has 29 heavy (non-hydrogen) atoms. The molecule has 9 nitrogen and oxygen atoms in total. The third-order valence-corrected chi connectivity index (χ3v) is 5.27. The lowest BCUT2D eigenvalue weighted by atomic mass is 9.99. The number of rotatable bonds is 5. The van der Waals surface area contributed by atoms with Gasteiger partial charge in [0.25, 0.3) is 0 Å². The number of hydrogen-bond acceptors (Lipinski definition) is 8. The van der Waals surface area contributed by atoms with Gasteiger partial charge in [-0.2, -0.15) is 10.1 Å². The molecule has 1 fully saturated rings. The van der Waals surface area contributed by atoms with Crippen LogP contribution in [0, 0.1) is 0 Å². The number of hydrogen-bond donors (Lipinski definition) is 5. The number of anilines is 1. The summed E-state index contributed by atoms with van der Waals surface area (Å²) in [6.45, 7) is 1.88. The Morgan fingerprint density at radius 3 is 2.86 bits per heavy atom. The number of benzene rings is 1. The summed E-state index contributed by atoms with van der Waals surface area (Å²) in [5.74, 6) is 0.437. The molecule has 5 N–H and O–H groups in total. The van der Waals surface area contributed by atoms with Crippen molar-refractivity contribution in [2.45, 2.75) is 38.1 Å². The average molecular weight is 414 g/mol. The van der Waals surface area contributed by atoms with Crippen LogP contribution in [-0.2, 0) is 0 Å². The van der Waals surface area contributed by atoms with Gasteiger partial charge in [0.1, 0.15) is 17.8 Å². The number of guanidine groups is 1. The smallest absolute Gasteiger partial charge is 0.302 e. The average Bonchev–Trinajstić information content (AvgIpc) is 3.24. The second-order valence-corrected chi connectivity index (χ2v) is 7.58. The predicted molar refractivity (Wildman–Crippen MR) is 109 cm³/mol. The topological polar surface area (TPSA) is 123 Å². The van der Waals surface area contributed by atoms with E-state index >= 15 is 0 Å². The van der Waals surface area contributed by atoms with Crippen LogP contribution >= 0.6 is 11.6 Å². The lowest BCUT2D eigenvalue weighted by Gasteiger charge is -2.29. The molecule has 10 heteroatoms. The molecular weight excluding hydrogens is 394 g/mol. The Labute approximate surface area is 171 Å². The molecule has 2 unspecified atom stereocenters. The summed E-state index contributed by atoms with van der Waals surface area (Å²) in [4.78, 5) is 9.13. The van der Waals surface area contributed by atoms with E-state index in [1.165, 1.54) is 6.20 Å². The van der Waals surface area contributed by atoms with Gasteiger partial charge < -0.3 is 14.8 Å². The molecular formula is C19H20ClN7O2. The lowest BCUT2D eigenvalue weighted by Crippen LogP contribution is -2.42. The van der Waals surface area contributed by atoms with Crippen molar-refractivity contribution in [3.8, 4) is 0 Å². The molecule has 3 aromatic rings. The summed E-state index contributed by atoms with van der Waals surface area (Å²) in [6.07, 6.45) is 2.78. The van der Waals surface area contributed by atoms with E-state index in [4.69, 9.17) is 21.0 Å². The fourth-order valence-electron chi connectivity index (χ4n) is 3.39. The maximum absolute atomic E-state index is 10.8. The molecule has 2 aliphatic rings. The van der Waals surface area contributed by atoms with Gasteiger partial charge in [0.05, 0.1) is 16.9 Å². The summed E-state index contributed by atoms with van der Waals surface area (Å²) in [5.41, 5.74) is 3.48. The van der Waals surface area contributed by atoms with Crippen LogP contribution in [0.2, 0.25) is 5.02 Å². The first-order chi connectivity index (χ1) is 14.1. The zero-order valence-electron chi connectivity index (χ0n) is 15.6. The van der Waals surface area contributed by atoms with E-state index in [0.29, 0.717) is 39.9 Å². The van der Waals surface area contributed by atoms with Crippen molar-refractivity contribution in [1.29, 1.82) is 0 Å². The number of fused-ring (bicyclic) bond motifs is 1. The second kappa shape index (κ2) is 7.18. The summed E-state index contributed by atoms with van der Waals surface area (Å²) in [5, 5.41) is 27.6. The van der Waals surface area contributed by atoms with Crippen molar-refractivity contribution in [2.24, 2.45) is 4.99 Å². The van der Waals surface area contributed by atoms with E-state index in [2.05, 4.69) is 31.1 Å². The van der Waals surface area contributed by atoms with Gasteiger partial charge in [-0.25, -0.2) is 4.99 Å². The molecule has 0 radical (unpaired) electrons. The number of aromatic amines is 1. The van der Waals surface area contributed by atoms with Crippen molar-refractivity contribution in [3.63, 3.8) is 0 Å². The molecule has 1 saturated carbocycles. The number of nitrogens with zero attached hydrogens (tertiary/aromatic N) is 3. The van der Waals surface area contributed by atoms with Gasteiger partial charge in [0.2, 0.25) is 5.96 Å². The number of aromatic nitrogens is 3. The minimum absolute atomic E-state index is 0.319. The number of aliphatic hydroxyl groups excluding tert-OH is 1. The Bertz CT molecular complexity index is 1080. The number of H-pyrrole nitrogens is 1. The molecule has 5 rings (SSSR count). The quantitative estimate of drug-likeness (QED) is 0.407. The Kier molecular flexibility index (Phi) is 4.50. The first kappa shape index (κ1) is 18.2. The number of aliphatic imine (C=N–C) groups is 1. The van der Waals surface area contributed by atoms with Crippen LogP contribution in [0.3, 0.4) is 0 Å². The molecule has 1 aromatic carbocycles. The fourth-order valence-corrected chi connectivity index (χ4v) is 3.58. The first-order valence-electron chi connectivity index (χ1n) is 9.39. The summed E-state index contributed by atoms with van der Waals surface area (Å²) < 4.78 is 5.72. The van der Waals surface area contributed by atoms with Gasteiger partial charge in [-0.15, -0.1) is 0 Å². The maximum Gasteiger partial charge on any atom is 0.302 e. The minimum atomic E-state index is -0.853. The van der Waals surface area contributed by atoms with Crippen LogP contribution in [0.25, 0.3) is 11.1 Å². The van der Waals surface area contributed by atoms with Crippen molar-refractivity contribution in [1.82, 2.24) is 25.8 Å². The molecule has 0 amide bonds. The lowest BCUT2D eigenvalue weighted by molar-refractivity contribution is 0.161. The minimum Gasteiger partial charge on any atom is -0.423 e. The van der Waals surface area contributed by atoms with E-state index in [1.807, 2.05) is 31.2 Å². The van der Waals surface area contributed by atoms with E-state index in [-0.39, 0.29) is 0 Å². The summed E-state index contributed by atoms with van der Waals surface area (Å²) >= 11 is 6.31. The molecule has 0 spiro atoms. The number of allylic oxidation sites excluding steroid dienone is 1. The molecule has 3 heterocycles. The Morgan fingerprint density at radius 2 is 2.14 bits per heavy atom. The van der Waals surface area contributed by atoms with E-state index < -0.39 is 12.3 Å². The number of para-hydroxylation sites is 2. The van der Waals surface area contributed by atoms with Crippen molar-refractivity contribution in [2.75, 3.05) is 5.32 Å². The zero-order chi connectivity index (χ0) is 20.0. The van der Waals surface area contributed by atoms with Gasteiger partial charge >= 0.3 is 6.01 Å². The Morgan fingerprint density at radius 1 is 1.31 bits per heavy atom. The second-order valence-electron chi connectivity index (χ2n) is 7.17. The maximum atomic E-state index is 10.8. The molecule has 150 valence electrons. The highest BCUT2D eigenvalue weighted by Crippen LogP contribution is 2.35. The Balaban J connectivity index is 1.47. The van der Waals surface area contributed by atoms with Crippen LogP contribution in [0.4, 0.5) is 6.01 Å². The van der Waals surface area contributed by atoms with Crippen LogP contribution in [-0.4, -0.2) is 38.5 Å². The highest BCUT2D eigenvalue weighted by Gasteiger charge is 2.34. The number of halogens is 1. The zero-order valence-corrected chi connectivity index (χ0v) is 16.4. The van der Waals surface area contributed by atoms with Gasteiger partial charge in [-0.3, -0.25) is 15.7 Å². The first-order valence-corrected chi connectivity index (χ1v) is 9.77. The highest BCUT2D eigenvalue weighted by molar-refractivity contribution is 6.31. The van der Waals surface area contributed by atoms with Crippen LogP contribution in [0.5, 0.6) is 0 Å². The third kappa shape index (κ3) is 3.59. The predicted octanol–water partition coefficient (Wildman–Crippen LogP) is 2.66. The van der Waals surface area contributed by atoms with Crippen molar-refractivity contribution in [3.05, 3.63) is 52.4 Å². The van der Waals surface area contributed by atoms with Crippen LogP contribution < -0.4 is 16.0 Å². The van der Waals surface area contributed by atoms with E-state index in [0.717, 1.165) is 24.1 Å². The third-order valence-electron chi connectivity index (χ3n) is 4.97. The van der Waals surface area contributed by atoms with Crippen molar-refractivity contribution < 1.29 is 9.52 Å². The molecule has 2 atom stereocenters. The largest absolute Gasteiger partial charge is 0.423 e. The van der Waals surface area contributed by atoms with E-state index in [1.54, 1.807) is 0 Å².